The minimum atomic E-state index is -0.228. The van der Waals surface area contributed by atoms with Gasteiger partial charge in [-0.15, -0.1) is 0 Å². The molecule has 2 aromatic carbocycles. The van der Waals surface area contributed by atoms with Crippen LogP contribution in [0.5, 0.6) is 0 Å². The van der Waals surface area contributed by atoms with Crippen molar-refractivity contribution >= 4 is 29.1 Å². The molecule has 1 aliphatic rings. The van der Waals surface area contributed by atoms with E-state index in [1.807, 2.05) is 32.0 Å². The molecule has 0 bridgehead atoms. The summed E-state index contributed by atoms with van der Waals surface area (Å²) in [5.74, 6) is -0.433. The molecule has 1 fully saturated rings. The van der Waals surface area contributed by atoms with Gasteiger partial charge in [0.2, 0.25) is 5.91 Å². The number of carbonyl (C=O) groups is 2. The molecule has 3 rings (SSSR count). The number of benzene rings is 2. The first-order valence-corrected chi connectivity index (χ1v) is 9.84. The average molecular weight is 401 g/mol. The third kappa shape index (κ3) is 5.12. The van der Waals surface area contributed by atoms with Crippen LogP contribution in [0.15, 0.2) is 42.5 Å². The second-order valence-electron chi connectivity index (χ2n) is 7.12. The summed E-state index contributed by atoms with van der Waals surface area (Å²) in [4.78, 5) is 27.2. The highest BCUT2D eigenvalue weighted by Gasteiger charge is 2.25. The number of nitrogens with one attached hydrogen (secondary N) is 1. The summed E-state index contributed by atoms with van der Waals surface area (Å²) in [7, 11) is 0. The monoisotopic (exact) mass is 400 g/mol. The van der Waals surface area contributed by atoms with Crippen LogP contribution in [0, 0.1) is 13.8 Å². The van der Waals surface area contributed by atoms with Crippen LogP contribution in [-0.4, -0.2) is 42.5 Å². The molecule has 6 heteroatoms. The van der Waals surface area contributed by atoms with E-state index >= 15 is 0 Å². The molecule has 1 heterocycles. The lowest BCUT2D eigenvalue weighted by Gasteiger charge is -2.25. The summed E-state index contributed by atoms with van der Waals surface area (Å²) in [6.45, 7) is 5.02. The number of carbonyl (C=O) groups excluding carboxylic acids is 2. The van der Waals surface area contributed by atoms with Crippen molar-refractivity contribution < 1.29 is 14.3 Å². The lowest BCUT2D eigenvalue weighted by atomic mass is 10.1. The largest absolute Gasteiger partial charge is 0.376 e. The zero-order valence-corrected chi connectivity index (χ0v) is 17.0. The number of rotatable bonds is 6. The van der Waals surface area contributed by atoms with Gasteiger partial charge in [-0.3, -0.25) is 9.59 Å². The van der Waals surface area contributed by atoms with Crippen molar-refractivity contribution in [3.05, 3.63) is 64.2 Å². The molecule has 0 unspecified atom stereocenters. The average Bonchev–Trinajstić information content (AvgIpc) is 3.18. The number of halogens is 1. The lowest BCUT2D eigenvalue weighted by molar-refractivity contribution is -0.117. The molecular formula is C22H25ClN2O3. The number of anilines is 1. The normalized spacial score (nSPS) is 16.0. The van der Waals surface area contributed by atoms with Gasteiger partial charge in [-0.25, -0.2) is 0 Å². The first kappa shape index (κ1) is 20.4. The first-order valence-electron chi connectivity index (χ1n) is 9.46. The SMILES string of the molecule is Cc1cccc(NC(=O)CN(C[C@H]2CCCO2)C(=O)c2ccc(Cl)cc2)c1C. The second-order valence-corrected chi connectivity index (χ2v) is 7.56. The van der Waals surface area contributed by atoms with E-state index in [0.29, 0.717) is 23.7 Å². The van der Waals surface area contributed by atoms with Gasteiger partial charge in [-0.05, 0) is 68.1 Å². The van der Waals surface area contributed by atoms with Crippen LogP contribution in [0.3, 0.4) is 0 Å². The van der Waals surface area contributed by atoms with Gasteiger partial charge in [0.1, 0.15) is 6.54 Å². The molecule has 1 aliphatic heterocycles. The minimum absolute atomic E-state index is 0.0330. The Kier molecular flexibility index (Phi) is 6.70. The molecule has 0 radical (unpaired) electrons. The molecule has 1 saturated heterocycles. The van der Waals surface area contributed by atoms with Gasteiger partial charge in [0.05, 0.1) is 6.10 Å². The van der Waals surface area contributed by atoms with Crippen molar-refractivity contribution in [3.63, 3.8) is 0 Å². The highest BCUT2D eigenvalue weighted by atomic mass is 35.5. The van der Waals surface area contributed by atoms with E-state index in [9.17, 15) is 9.59 Å². The van der Waals surface area contributed by atoms with Crippen molar-refractivity contribution in [2.24, 2.45) is 0 Å². The predicted octanol–water partition coefficient (Wildman–Crippen LogP) is 4.22. The molecule has 0 aliphatic carbocycles. The standard InChI is InChI=1S/C22H25ClN2O3/c1-15-5-3-7-20(16(15)2)24-21(26)14-25(13-19-6-4-12-28-19)22(27)17-8-10-18(23)11-9-17/h3,5,7-11,19H,4,6,12-14H2,1-2H3,(H,24,26)/t19-/m1/s1. The molecular weight excluding hydrogens is 376 g/mol. The number of amides is 2. The van der Waals surface area contributed by atoms with E-state index in [0.717, 1.165) is 29.7 Å². The summed E-state index contributed by atoms with van der Waals surface area (Å²) in [6, 6.07) is 12.5. The van der Waals surface area contributed by atoms with Crippen molar-refractivity contribution in [2.45, 2.75) is 32.8 Å². The zero-order valence-electron chi connectivity index (χ0n) is 16.2. The smallest absolute Gasteiger partial charge is 0.254 e. The van der Waals surface area contributed by atoms with E-state index in [4.69, 9.17) is 16.3 Å². The van der Waals surface area contributed by atoms with Gasteiger partial charge in [0.25, 0.3) is 5.91 Å². The summed E-state index contributed by atoms with van der Waals surface area (Å²) >= 11 is 5.93. The summed E-state index contributed by atoms with van der Waals surface area (Å²) in [5, 5.41) is 3.49. The Morgan fingerprint density at radius 1 is 1.18 bits per heavy atom. The third-order valence-electron chi connectivity index (χ3n) is 5.04. The van der Waals surface area contributed by atoms with E-state index in [-0.39, 0.29) is 24.5 Å². The number of hydrogen-bond donors (Lipinski definition) is 1. The fourth-order valence-corrected chi connectivity index (χ4v) is 3.40. The molecule has 0 aromatic heterocycles. The van der Waals surface area contributed by atoms with Gasteiger partial charge in [0, 0.05) is 29.4 Å². The molecule has 1 N–H and O–H groups in total. The second kappa shape index (κ2) is 9.22. The Hall–Kier alpha value is -2.37. The molecule has 0 spiro atoms. The molecule has 1 atom stereocenters. The number of aryl methyl sites for hydroxylation is 1. The maximum absolute atomic E-state index is 13.0. The molecule has 0 saturated carbocycles. The van der Waals surface area contributed by atoms with Crippen LogP contribution < -0.4 is 5.32 Å². The van der Waals surface area contributed by atoms with E-state index in [1.165, 1.54) is 0 Å². The van der Waals surface area contributed by atoms with Gasteiger partial charge in [-0.1, -0.05) is 23.7 Å². The van der Waals surface area contributed by atoms with Crippen LogP contribution in [0.4, 0.5) is 5.69 Å². The van der Waals surface area contributed by atoms with Gasteiger partial charge in [-0.2, -0.15) is 0 Å². The van der Waals surface area contributed by atoms with E-state index in [2.05, 4.69) is 5.32 Å². The number of hydrogen-bond acceptors (Lipinski definition) is 3. The molecule has 148 valence electrons. The highest BCUT2D eigenvalue weighted by Crippen LogP contribution is 2.19. The summed E-state index contributed by atoms with van der Waals surface area (Å²) in [6.07, 6.45) is 1.83. The van der Waals surface area contributed by atoms with Gasteiger partial charge >= 0.3 is 0 Å². The Bertz CT molecular complexity index is 845. The predicted molar refractivity (Wildman–Crippen MR) is 111 cm³/mol. The Morgan fingerprint density at radius 3 is 2.61 bits per heavy atom. The van der Waals surface area contributed by atoms with Gasteiger partial charge in [0.15, 0.2) is 0 Å². The van der Waals surface area contributed by atoms with Crippen molar-refractivity contribution in [1.29, 1.82) is 0 Å². The van der Waals surface area contributed by atoms with Crippen LogP contribution in [-0.2, 0) is 9.53 Å². The van der Waals surface area contributed by atoms with E-state index in [1.54, 1.807) is 29.2 Å². The maximum atomic E-state index is 13.0. The van der Waals surface area contributed by atoms with Crippen LogP contribution in [0.1, 0.15) is 34.3 Å². The topological polar surface area (TPSA) is 58.6 Å². The van der Waals surface area contributed by atoms with Crippen molar-refractivity contribution in [2.75, 3.05) is 25.0 Å². The zero-order chi connectivity index (χ0) is 20.1. The number of nitrogens with zero attached hydrogens (tertiary/aromatic N) is 1. The maximum Gasteiger partial charge on any atom is 0.254 e. The molecule has 2 aromatic rings. The molecule has 2 amide bonds. The molecule has 28 heavy (non-hydrogen) atoms. The Balaban J connectivity index is 1.74. The molecule has 5 nitrogen and oxygen atoms in total. The minimum Gasteiger partial charge on any atom is -0.376 e. The van der Waals surface area contributed by atoms with Crippen LogP contribution >= 0.6 is 11.6 Å². The first-order chi connectivity index (χ1) is 13.4. The van der Waals surface area contributed by atoms with Gasteiger partial charge < -0.3 is 15.0 Å². The summed E-state index contributed by atoms with van der Waals surface area (Å²) in [5.41, 5.74) is 3.39. The van der Waals surface area contributed by atoms with E-state index < -0.39 is 0 Å². The fraction of sp³-hybridized carbons (Fsp3) is 0.364. The Labute approximate surface area is 170 Å². The number of ether oxygens (including phenoxy) is 1. The van der Waals surface area contributed by atoms with Crippen LogP contribution in [0.2, 0.25) is 5.02 Å². The van der Waals surface area contributed by atoms with Crippen molar-refractivity contribution in [1.82, 2.24) is 4.90 Å². The Morgan fingerprint density at radius 2 is 1.93 bits per heavy atom. The lowest BCUT2D eigenvalue weighted by Crippen LogP contribution is -2.42. The fourth-order valence-electron chi connectivity index (χ4n) is 3.28. The quantitative estimate of drug-likeness (QED) is 0.789. The summed E-state index contributed by atoms with van der Waals surface area (Å²) < 4.78 is 5.68. The van der Waals surface area contributed by atoms with Crippen LogP contribution in [0.25, 0.3) is 0 Å². The third-order valence-corrected chi connectivity index (χ3v) is 5.29. The highest BCUT2D eigenvalue weighted by molar-refractivity contribution is 6.30. The van der Waals surface area contributed by atoms with Crippen molar-refractivity contribution in [3.8, 4) is 0 Å².